The monoisotopic (exact) mass is 372 g/mol. The number of amides is 1. The van der Waals surface area contributed by atoms with Crippen LogP contribution < -0.4 is 5.32 Å². The lowest BCUT2D eigenvalue weighted by molar-refractivity contribution is -0.116. The molecule has 1 heterocycles. The number of nitrogens with zero attached hydrogens (tertiary/aromatic N) is 1. The molecule has 0 bridgehead atoms. The summed E-state index contributed by atoms with van der Waals surface area (Å²) in [5.41, 5.74) is 2.21. The molecule has 1 saturated carbocycles. The van der Waals surface area contributed by atoms with Crippen LogP contribution in [-0.4, -0.2) is 5.91 Å². The van der Waals surface area contributed by atoms with E-state index in [4.69, 9.17) is 0 Å². The first kappa shape index (κ1) is 19.4. The molecule has 3 nitrogen and oxygen atoms in total. The summed E-state index contributed by atoms with van der Waals surface area (Å²) in [4.78, 5) is 13.8. The molecule has 1 fully saturated rings. The van der Waals surface area contributed by atoms with Crippen molar-refractivity contribution < 1.29 is 4.79 Å². The average molecular weight is 373 g/mol. The second-order valence-electron chi connectivity index (χ2n) is 9.22. The van der Waals surface area contributed by atoms with E-state index in [9.17, 15) is 10.1 Å². The molecule has 4 heteroatoms. The normalized spacial score (nSPS) is 21.1. The maximum Gasteiger partial charge on any atom is 0.225 e. The minimum atomic E-state index is 0.0815. The van der Waals surface area contributed by atoms with Gasteiger partial charge in [-0.3, -0.25) is 4.79 Å². The zero-order valence-corrected chi connectivity index (χ0v) is 17.3. The predicted molar refractivity (Wildman–Crippen MR) is 108 cm³/mol. The van der Waals surface area contributed by atoms with E-state index < -0.39 is 0 Å². The van der Waals surface area contributed by atoms with E-state index in [1.54, 1.807) is 11.3 Å². The molecule has 0 aliphatic heterocycles. The van der Waals surface area contributed by atoms with E-state index in [2.05, 4.69) is 32.2 Å². The van der Waals surface area contributed by atoms with Crippen LogP contribution in [0.15, 0.2) is 0 Å². The first-order valence-electron chi connectivity index (χ1n) is 10.2. The van der Waals surface area contributed by atoms with Gasteiger partial charge in [0.05, 0.1) is 5.56 Å². The summed E-state index contributed by atoms with van der Waals surface area (Å²) in [6.07, 6.45) is 11.3. The van der Waals surface area contributed by atoms with Crippen molar-refractivity contribution in [3.05, 3.63) is 16.0 Å². The number of carbonyl (C=O) groups excluding carboxylic acids is 1. The Labute approximate surface area is 162 Å². The molecule has 142 valence electrons. The molecule has 1 atom stereocenters. The van der Waals surface area contributed by atoms with Gasteiger partial charge in [0.15, 0.2) is 0 Å². The van der Waals surface area contributed by atoms with Crippen molar-refractivity contribution in [2.24, 2.45) is 17.3 Å². The van der Waals surface area contributed by atoms with Gasteiger partial charge in [0.2, 0.25) is 5.91 Å². The Morgan fingerprint density at radius 2 is 1.96 bits per heavy atom. The minimum Gasteiger partial charge on any atom is -0.317 e. The molecular weight excluding hydrogens is 340 g/mol. The van der Waals surface area contributed by atoms with Crippen LogP contribution in [0.1, 0.15) is 88.1 Å². The highest BCUT2D eigenvalue weighted by atomic mass is 32.1. The van der Waals surface area contributed by atoms with Crippen LogP contribution in [0.4, 0.5) is 5.00 Å². The van der Waals surface area contributed by atoms with E-state index in [1.807, 2.05) is 0 Å². The standard InChI is InChI=1S/C22H32N2OS/c1-22(2,3)16-10-11-17-18(14-23)21(26-19(17)13-16)24-20(25)12-9-15-7-5-4-6-8-15/h15-16H,4-13H2,1-3H3,(H,24,25)/t16-/m0/s1. The zero-order chi connectivity index (χ0) is 18.7. The summed E-state index contributed by atoms with van der Waals surface area (Å²) in [6.45, 7) is 6.90. The van der Waals surface area contributed by atoms with Gasteiger partial charge in [-0.15, -0.1) is 11.3 Å². The van der Waals surface area contributed by atoms with Crippen molar-refractivity contribution in [1.29, 1.82) is 5.26 Å². The second kappa shape index (κ2) is 8.13. The van der Waals surface area contributed by atoms with Gasteiger partial charge in [0.1, 0.15) is 11.1 Å². The van der Waals surface area contributed by atoms with Crippen molar-refractivity contribution in [1.82, 2.24) is 0 Å². The molecule has 3 rings (SSSR count). The number of anilines is 1. The van der Waals surface area contributed by atoms with Gasteiger partial charge in [0, 0.05) is 11.3 Å². The average Bonchev–Trinajstić information content (AvgIpc) is 2.96. The van der Waals surface area contributed by atoms with E-state index in [0.717, 1.165) is 36.2 Å². The van der Waals surface area contributed by atoms with E-state index in [0.29, 0.717) is 18.3 Å². The third kappa shape index (κ3) is 4.49. The highest BCUT2D eigenvalue weighted by Crippen LogP contribution is 2.44. The van der Waals surface area contributed by atoms with Crippen LogP contribution in [-0.2, 0) is 17.6 Å². The van der Waals surface area contributed by atoms with Gasteiger partial charge in [-0.25, -0.2) is 0 Å². The lowest BCUT2D eigenvalue weighted by Crippen LogP contribution is -2.26. The molecule has 1 N–H and O–H groups in total. The molecular formula is C22H32N2OS. The summed E-state index contributed by atoms with van der Waals surface area (Å²) in [5, 5.41) is 13.5. The Morgan fingerprint density at radius 1 is 1.23 bits per heavy atom. The molecule has 2 aliphatic carbocycles. The minimum absolute atomic E-state index is 0.0815. The van der Waals surface area contributed by atoms with Crippen molar-refractivity contribution in [2.45, 2.75) is 85.0 Å². The molecule has 0 unspecified atom stereocenters. The Bertz CT molecular complexity index is 686. The Morgan fingerprint density at radius 3 is 2.62 bits per heavy atom. The largest absolute Gasteiger partial charge is 0.317 e. The first-order valence-corrected chi connectivity index (χ1v) is 11.0. The maximum absolute atomic E-state index is 12.4. The number of hydrogen-bond acceptors (Lipinski definition) is 3. The number of rotatable bonds is 4. The molecule has 26 heavy (non-hydrogen) atoms. The molecule has 0 radical (unpaired) electrons. The van der Waals surface area contributed by atoms with Crippen LogP contribution in [0, 0.1) is 28.6 Å². The Balaban J connectivity index is 1.64. The topological polar surface area (TPSA) is 52.9 Å². The predicted octanol–water partition coefficient (Wildman–Crippen LogP) is 6.07. The van der Waals surface area contributed by atoms with Crippen molar-refractivity contribution >= 4 is 22.2 Å². The van der Waals surface area contributed by atoms with Crippen molar-refractivity contribution in [2.75, 3.05) is 5.32 Å². The van der Waals surface area contributed by atoms with Gasteiger partial charge in [-0.2, -0.15) is 5.26 Å². The molecule has 1 amide bonds. The third-order valence-electron chi connectivity index (χ3n) is 6.36. The Hall–Kier alpha value is -1.34. The Kier molecular flexibility index (Phi) is 6.07. The van der Waals surface area contributed by atoms with Gasteiger partial charge >= 0.3 is 0 Å². The lowest BCUT2D eigenvalue weighted by atomic mass is 9.72. The summed E-state index contributed by atoms with van der Waals surface area (Å²) in [5.74, 6) is 1.45. The fraction of sp³-hybridized carbons (Fsp3) is 0.727. The number of carbonyl (C=O) groups is 1. The molecule has 1 aromatic rings. The summed E-state index contributed by atoms with van der Waals surface area (Å²) < 4.78 is 0. The van der Waals surface area contributed by atoms with Gasteiger partial charge < -0.3 is 5.32 Å². The number of nitrogens with one attached hydrogen (secondary N) is 1. The van der Waals surface area contributed by atoms with E-state index in [-0.39, 0.29) is 11.3 Å². The fourth-order valence-corrected chi connectivity index (χ4v) is 5.83. The second-order valence-corrected chi connectivity index (χ2v) is 10.3. The summed E-state index contributed by atoms with van der Waals surface area (Å²) in [7, 11) is 0. The van der Waals surface area contributed by atoms with Crippen LogP contribution in [0.3, 0.4) is 0 Å². The maximum atomic E-state index is 12.4. The highest BCUT2D eigenvalue weighted by molar-refractivity contribution is 7.16. The SMILES string of the molecule is CC(C)(C)[C@H]1CCc2c(sc(NC(=O)CCC3CCCCC3)c2C#N)C1. The van der Waals surface area contributed by atoms with Gasteiger partial charge in [-0.1, -0.05) is 52.9 Å². The smallest absolute Gasteiger partial charge is 0.225 e. The molecule has 0 spiro atoms. The highest BCUT2D eigenvalue weighted by Gasteiger charge is 2.32. The lowest BCUT2D eigenvalue weighted by Gasteiger charge is -2.33. The van der Waals surface area contributed by atoms with Crippen LogP contribution in [0.25, 0.3) is 0 Å². The third-order valence-corrected chi connectivity index (χ3v) is 7.53. The molecule has 1 aromatic heterocycles. The molecule has 0 saturated heterocycles. The molecule has 2 aliphatic rings. The number of fused-ring (bicyclic) bond motifs is 1. The summed E-state index contributed by atoms with van der Waals surface area (Å²) >= 11 is 1.64. The number of thiophene rings is 1. The van der Waals surface area contributed by atoms with E-state index in [1.165, 1.54) is 42.5 Å². The van der Waals surface area contributed by atoms with Crippen LogP contribution >= 0.6 is 11.3 Å². The van der Waals surface area contributed by atoms with Crippen molar-refractivity contribution in [3.63, 3.8) is 0 Å². The van der Waals surface area contributed by atoms with Crippen LogP contribution in [0.5, 0.6) is 0 Å². The van der Waals surface area contributed by atoms with Gasteiger partial charge in [0.25, 0.3) is 0 Å². The van der Waals surface area contributed by atoms with Gasteiger partial charge in [-0.05, 0) is 48.5 Å². The van der Waals surface area contributed by atoms with Crippen LogP contribution in [0.2, 0.25) is 0 Å². The zero-order valence-electron chi connectivity index (χ0n) is 16.5. The number of hydrogen-bond donors (Lipinski definition) is 1. The van der Waals surface area contributed by atoms with Crippen molar-refractivity contribution in [3.8, 4) is 6.07 Å². The quantitative estimate of drug-likeness (QED) is 0.697. The number of nitriles is 1. The van der Waals surface area contributed by atoms with E-state index >= 15 is 0 Å². The fourth-order valence-electron chi connectivity index (χ4n) is 4.53. The first-order chi connectivity index (χ1) is 12.4. The molecule has 0 aromatic carbocycles. The summed E-state index contributed by atoms with van der Waals surface area (Å²) in [6, 6.07) is 2.36.